The highest BCUT2D eigenvalue weighted by Gasteiger charge is 2.27. The van der Waals surface area contributed by atoms with Crippen LogP contribution in [-0.4, -0.2) is 52.8 Å². The maximum atomic E-state index is 11.8. The average Bonchev–Trinajstić information content (AvgIpc) is 3.49. The van der Waals surface area contributed by atoms with Crippen molar-refractivity contribution in [3.05, 3.63) is 47.3 Å². The summed E-state index contributed by atoms with van der Waals surface area (Å²) in [6.07, 6.45) is 3.94. The number of carbonyl (C=O) groups excluding carboxylic acids is 1. The highest BCUT2D eigenvalue weighted by Crippen LogP contribution is 2.44. The number of pyridine rings is 1. The molecule has 31 heavy (non-hydrogen) atoms. The van der Waals surface area contributed by atoms with E-state index in [1.54, 1.807) is 19.4 Å². The Labute approximate surface area is 179 Å². The number of fused-ring (bicyclic) bond motifs is 3. The zero-order chi connectivity index (χ0) is 21.4. The van der Waals surface area contributed by atoms with Crippen LogP contribution in [0.2, 0.25) is 0 Å². The van der Waals surface area contributed by atoms with Crippen LogP contribution in [0.15, 0.2) is 30.5 Å². The van der Waals surface area contributed by atoms with E-state index in [0.717, 1.165) is 53.0 Å². The highest BCUT2D eigenvalue weighted by molar-refractivity contribution is 5.82. The third kappa shape index (κ3) is 3.38. The summed E-state index contributed by atoms with van der Waals surface area (Å²) in [6.45, 7) is 1.79. The molecular weight excluding hydrogens is 394 g/mol. The van der Waals surface area contributed by atoms with E-state index < -0.39 is 0 Å². The number of nitrogens with one attached hydrogen (secondary N) is 1. The largest absolute Gasteiger partial charge is 0.493 e. The molecule has 156 valence electrons. The lowest BCUT2D eigenvalue weighted by Crippen LogP contribution is -2.29. The lowest BCUT2D eigenvalue weighted by atomic mass is 10.1. The summed E-state index contributed by atoms with van der Waals surface area (Å²) in [5, 5.41) is 16.6. The molecule has 0 spiro atoms. The number of hydrogen-bond donors (Lipinski definition) is 1. The van der Waals surface area contributed by atoms with Crippen LogP contribution >= 0.6 is 0 Å². The van der Waals surface area contributed by atoms with Crippen molar-refractivity contribution in [2.75, 3.05) is 26.8 Å². The molecular formula is C23H21N5O3. The van der Waals surface area contributed by atoms with Gasteiger partial charge in [0.15, 0.2) is 11.5 Å². The molecule has 1 aromatic carbocycles. The fraction of sp³-hybridized carbons (Fsp3) is 0.304. The van der Waals surface area contributed by atoms with Crippen molar-refractivity contribution in [2.45, 2.75) is 19.3 Å². The van der Waals surface area contributed by atoms with Crippen molar-refractivity contribution in [3.8, 4) is 40.1 Å². The summed E-state index contributed by atoms with van der Waals surface area (Å²) in [4.78, 5) is 17.8. The molecule has 2 aliphatic rings. The number of aromatic nitrogens is 3. The molecule has 1 aliphatic heterocycles. The minimum Gasteiger partial charge on any atom is -0.493 e. The first-order valence-electron chi connectivity index (χ1n) is 10.2. The number of benzene rings is 1. The van der Waals surface area contributed by atoms with Crippen LogP contribution in [-0.2, 0) is 11.2 Å². The molecule has 1 amide bonds. The van der Waals surface area contributed by atoms with Gasteiger partial charge in [0.25, 0.3) is 0 Å². The topological polar surface area (TPSA) is 104 Å². The van der Waals surface area contributed by atoms with Gasteiger partial charge >= 0.3 is 0 Å². The number of nitriles is 1. The predicted molar refractivity (Wildman–Crippen MR) is 113 cm³/mol. The van der Waals surface area contributed by atoms with Crippen molar-refractivity contribution in [1.29, 1.82) is 5.26 Å². The van der Waals surface area contributed by atoms with Crippen LogP contribution < -0.4 is 9.47 Å². The van der Waals surface area contributed by atoms with E-state index in [-0.39, 0.29) is 5.91 Å². The van der Waals surface area contributed by atoms with E-state index in [1.165, 1.54) is 0 Å². The first-order valence-corrected chi connectivity index (χ1v) is 10.2. The number of rotatable bonds is 6. The van der Waals surface area contributed by atoms with E-state index in [1.807, 2.05) is 29.2 Å². The van der Waals surface area contributed by atoms with E-state index in [0.29, 0.717) is 36.8 Å². The van der Waals surface area contributed by atoms with Gasteiger partial charge in [0, 0.05) is 42.3 Å². The van der Waals surface area contributed by atoms with Gasteiger partial charge in [-0.25, -0.2) is 4.98 Å². The van der Waals surface area contributed by atoms with Crippen LogP contribution in [0.4, 0.5) is 0 Å². The van der Waals surface area contributed by atoms with E-state index >= 15 is 0 Å². The molecule has 1 fully saturated rings. The molecule has 3 aromatic rings. The second-order valence-corrected chi connectivity index (χ2v) is 7.64. The van der Waals surface area contributed by atoms with Gasteiger partial charge in [-0.1, -0.05) is 0 Å². The van der Waals surface area contributed by atoms with Gasteiger partial charge < -0.3 is 14.4 Å². The van der Waals surface area contributed by atoms with Crippen LogP contribution in [0.5, 0.6) is 11.5 Å². The SMILES string of the molecule is COc1cc2c(cc1OCCN1CCCC1=O)-c1[nH]nc(-c3ccc(C#N)nc3)c1C2. The van der Waals surface area contributed by atoms with Crippen LogP contribution in [0.1, 0.15) is 29.7 Å². The van der Waals surface area contributed by atoms with Crippen molar-refractivity contribution in [2.24, 2.45) is 0 Å². The first-order chi connectivity index (χ1) is 15.2. The summed E-state index contributed by atoms with van der Waals surface area (Å²) in [6, 6.07) is 9.56. The van der Waals surface area contributed by atoms with Gasteiger partial charge in [-0.15, -0.1) is 0 Å². The summed E-state index contributed by atoms with van der Waals surface area (Å²) in [5.41, 5.74) is 6.27. The molecule has 0 radical (unpaired) electrons. The molecule has 8 nitrogen and oxygen atoms in total. The molecule has 2 aromatic heterocycles. The monoisotopic (exact) mass is 415 g/mol. The van der Waals surface area contributed by atoms with Gasteiger partial charge in [-0.05, 0) is 36.2 Å². The molecule has 0 bridgehead atoms. The van der Waals surface area contributed by atoms with Crippen LogP contribution in [0, 0.1) is 11.3 Å². The smallest absolute Gasteiger partial charge is 0.222 e. The van der Waals surface area contributed by atoms with Crippen molar-refractivity contribution in [3.63, 3.8) is 0 Å². The molecule has 5 rings (SSSR count). The Kier molecular flexibility index (Phi) is 4.79. The molecule has 3 heterocycles. The maximum Gasteiger partial charge on any atom is 0.222 e. The number of nitrogens with zero attached hydrogens (tertiary/aromatic N) is 4. The minimum absolute atomic E-state index is 0.191. The zero-order valence-corrected chi connectivity index (χ0v) is 17.1. The standard InChI is InChI=1S/C23H21N5O3/c1-30-19-10-15-9-18-22(14-4-5-16(12-24)25-13-14)26-27-23(18)17(15)11-20(19)31-8-7-28-6-2-3-21(28)29/h4-5,10-11,13H,2-3,6-9H2,1H3,(H,26,27). The predicted octanol–water partition coefficient (Wildman–Crippen LogP) is 2.92. The molecule has 1 N–H and O–H groups in total. The van der Waals surface area contributed by atoms with Gasteiger partial charge in [-0.3, -0.25) is 9.89 Å². The molecule has 0 atom stereocenters. The second-order valence-electron chi connectivity index (χ2n) is 7.64. The second kappa shape index (κ2) is 7.76. The number of amides is 1. The first kappa shape index (κ1) is 19.1. The highest BCUT2D eigenvalue weighted by atomic mass is 16.5. The summed E-state index contributed by atoms with van der Waals surface area (Å²) in [7, 11) is 1.63. The zero-order valence-electron chi connectivity index (χ0n) is 17.1. The maximum absolute atomic E-state index is 11.8. The number of carbonyl (C=O) groups is 1. The lowest BCUT2D eigenvalue weighted by Gasteiger charge is -2.17. The number of H-pyrrole nitrogens is 1. The number of methoxy groups -OCH3 is 1. The summed E-state index contributed by atoms with van der Waals surface area (Å²) in [5.74, 6) is 1.51. The van der Waals surface area contributed by atoms with Gasteiger partial charge in [0.1, 0.15) is 18.4 Å². The van der Waals surface area contributed by atoms with Gasteiger partial charge in [0.2, 0.25) is 5.91 Å². The van der Waals surface area contributed by atoms with E-state index in [4.69, 9.17) is 14.7 Å². The van der Waals surface area contributed by atoms with Crippen molar-refractivity contribution < 1.29 is 14.3 Å². The number of aromatic amines is 1. The van der Waals surface area contributed by atoms with Gasteiger partial charge in [-0.2, -0.15) is 10.4 Å². The van der Waals surface area contributed by atoms with E-state index in [9.17, 15) is 4.79 Å². The van der Waals surface area contributed by atoms with E-state index in [2.05, 4.69) is 15.2 Å². The Morgan fingerprint density at radius 1 is 1.29 bits per heavy atom. The number of likely N-dealkylation sites (tertiary alicyclic amines) is 1. The van der Waals surface area contributed by atoms with Crippen molar-refractivity contribution in [1.82, 2.24) is 20.1 Å². The number of hydrogen-bond acceptors (Lipinski definition) is 6. The average molecular weight is 415 g/mol. The Morgan fingerprint density at radius 3 is 2.90 bits per heavy atom. The molecule has 1 aliphatic carbocycles. The van der Waals surface area contributed by atoms with Crippen molar-refractivity contribution >= 4 is 5.91 Å². The van der Waals surface area contributed by atoms with Crippen LogP contribution in [0.25, 0.3) is 22.5 Å². The lowest BCUT2D eigenvalue weighted by molar-refractivity contribution is -0.128. The fourth-order valence-corrected chi connectivity index (χ4v) is 4.25. The summed E-state index contributed by atoms with van der Waals surface area (Å²) >= 11 is 0. The van der Waals surface area contributed by atoms with Gasteiger partial charge in [0.05, 0.1) is 25.0 Å². The molecule has 0 saturated carbocycles. The Balaban J connectivity index is 1.40. The molecule has 8 heteroatoms. The molecule has 0 unspecified atom stereocenters. The normalized spacial score (nSPS) is 14.3. The third-order valence-electron chi connectivity index (χ3n) is 5.83. The fourth-order valence-electron chi connectivity index (χ4n) is 4.25. The Morgan fingerprint density at radius 2 is 2.19 bits per heavy atom. The Bertz CT molecular complexity index is 1190. The Hall–Kier alpha value is -3.86. The number of ether oxygens (including phenoxy) is 2. The quantitative estimate of drug-likeness (QED) is 0.519. The van der Waals surface area contributed by atoms with Crippen LogP contribution in [0.3, 0.4) is 0 Å². The molecule has 1 saturated heterocycles. The minimum atomic E-state index is 0.191. The summed E-state index contributed by atoms with van der Waals surface area (Å²) < 4.78 is 11.6. The third-order valence-corrected chi connectivity index (χ3v) is 5.83.